The number of benzene rings is 2. The van der Waals surface area contributed by atoms with Crippen molar-refractivity contribution in [1.82, 2.24) is 9.78 Å². The SMILES string of the molecule is COc1ccccc1OCc1ccc(C(=O)Nc2ccn(Cc3cccc(F)c3)n2)o1. The molecule has 0 saturated heterocycles. The van der Waals surface area contributed by atoms with Crippen molar-refractivity contribution in [1.29, 1.82) is 0 Å². The van der Waals surface area contributed by atoms with E-state index < -0.39 is 5.91 Å². The van der Waals surface area contributed by atoms with Crippen LogP contribution in [0.3, 0.4) is 0 Å². The number of nitrogens with one attached hydrogen (secondary N) is 1. The van der Waals surface area contributed by atoms with Crippen LogP contribution in [-0.4, -0.2) is 22.8 Å². The van der Waals surface area contributed by atoms with E-state index in [1.807, 2.05) is 12.1 Å². The third-order valence-electron chi connectivity index (χ3n) is 4.44. The van der Waals surface area contributed by atoms with Crippen molar-refractivity contribution in [2.75, 3.05) is 12.4 Å². The van der Waals surface area contributed by atoms with Gasteiger partial charge in [-0.25, -0.2) is 4.39 Å². The Bertz CT molecular complexity index is 1180. The molecule has 158 valence electrons. The lowest BCUT2D eigenvalue weighted by Crippen LogP contribution is -2.12. The summed E-state index contributed by atoms with van der Waals surface area (Å²) in [5.41, 5.74) is 0.770. The minimum absolute atomic E-state index is 0.137. The van der Waals surface area contributed by atoms with E-state index in [0.717, 1.165) is 5.56 Å². The molecule has 0 spiro atoms. The fourth-order valence-electron chi connectivity index (χ4n) is 2.98. The van der Waals surface area contributed by atoms with Crippen LogP contribution in [0.2, 0.25) is 0 Å². The predicted molar refractivity (Wildman–Crippen MR) is 112 cm³/mol. The van der Waals surface area contributed by atoms with Gasteiger partial charge in [0.1, 0.15) is 18.2 Å². The Labute approximate surface area is 178 Å². The molecule has 0 atom stereocenters. The quantitative estimate of drug-likeness (QED) is 0.453. The van der Waals surface area contributed by atoms with Crippen molar-refractivity contribution in [3.05, 3.63) is 95.8 Å². The number of hydrogen-bond donors (Lipinski definition) is 1. The summed E-state index contributed by atoms with van der Waals surface area (Å²) in [5.74, 6) is 1.45. The van der Waals surface area contributed by atoms with E-state index >= 15 is 0 Å². The second-order valence-electron chi connectivity index (χ2n) is 6.69. The molecule has 4 aromatic rings. The van der Waals surface area contributed by atoms with Crippen LogP contribution < -0.4 is 14.8 Å². The number of ether oxygens (including phenoxy) is 2. The van der Waals surface area contributed by atoms with Crippen molar-refractivity contribution in [2.24, 2.45) is 0 Å². The van der Waals surface area contributed by atoms with Crippen LogP contribution in [0.5, 0.6) is 11.5 Å². The van der Waals surface area contributed by atoms with Gasteiger partial charge in [0.05, 0.1) is 13.7 Å². The maximum Gasteiger partial charge on any atom is 0.292 e. The van der Waals surface area contributed by atoms with Crippen LogP contribution in [0.4, 0.5) is 10.2 Å². The van der Waals surface area contributed by atoms with E-state index in [9.17, 15) is 9.18 Å². The maximum atomic E-state index is 13.3. The fraction of sp³-hybridized carbons (Fsp3) is 0.130. The number of halogens is 1. The molecule has 0 saturated carbocycles. The van der Waals surface area contributed by atoms with Crippen molar-refractivity contribution in [3.63, 3.8) is 0 Å². The summed E-state index contributed by atoms with van der Waals surface area (Å²) in [6.45, 7) is 0.536. The minimum Gasteiger partial charge on any atom is -0.493 e. The van der Waals surface area contributed by atoms with Crippen LogP contribution in [0.25, 0.3) is 0 Å². The lowest BCUT2D eigenvalue weighted by Gasteiger charge is -2.08. The highest BCUT2D eigenvalue weighted by molar-refractivity contribution is 6.01. The smallest absolute Gasteiger partial charge is 0.292 e. The monoisotopic (exact) mass is 421 g/mol. The molecular weight excluding hydrogens is 401 g/mol. The molecular formula is C23H20FN3O4. The van der Waals surface area contributed by atoms with Gasteiger partial charge in [0.25, 0.3) is 5.91 Å². The molecule has 2 heterocycles. The van der Waals surface area contributed by atoms with Crippen LogP contribution in [-0.2, 0) is 13.2 Å². The Morgan fingerprint density at radius 2 is 1.94 bits per heavy atom. The Morgan fingerprint density at radius 3 is 2.74 bits per heavy atom. The van der Waals surface area contributed by atoms with E-state index in [4.69, 9.17) is 13.9 Å². The first-order valence-electron chi connectivity index (χ1n) is 9.54. The number of anilines is 1. The molecule has 2 aromatic heterocycles. The zero-order chi connectivity index (χ0) is 21.6. The highest BCUT2D eigenvalue weighted by Gasteiger charge is 2.14. The van der Waals surface area contributed by atoms with Crippen molar-refractivity contribution in [2.45, 2.75) is 13.2 Å². The second-order valence-corrected chi connectivity index (χ2v) is 6.69. The zero-order valence-corrected chi connectivity index (χ0v) is 16.7. The number of carbonyl (C=O) groups is 1. The van der Waals surface area contributed by atoms with Gasteiger partial charge in [-0.3, -0.25) is 9.48 Å². The standard InChI is InChI=1S/C23H20FN3O4/c1-29-19-7-2-3-8-20(19)30-15-18-9-10-21(31-18)23(28)25-22-11-12-27(26-22)14-16-5-4-6-17(24)13-16/h2-13H,14-15H2,1H3,(H,25,26,28). The largest absolute Gasteiger partial charge is 0.493 e. The van der Waals surface area contributed by atoms with Crippen molar-refractivity contribution < 1.29 is 23.1 Å². The van der Waals surface area contributed by atoms with Gasteiger partial charge in [0.15, 0.2) is 23.1 Å². The fourth-order valence-corrected chi connectivity index (χ4v) is 2.98. The molecule has 0 radical (unpaired) electrons. The molecule has 2 aromatic carbocycles. The van der Waals surface area contributed by atoms with E-state index in [0.29, 0.717) is 29.6 Å². The van der Waals surface area contributed by atoms with Crippen LogP contribution in [0.15, 0.2) is 77.3 Å². The third-order valence-corrected chi connectivity index (χ3v) is 4.44. The minimum atomic E-state index is -0.431. The molecule has 8 heteroatoms. The van der Waals surface area contributed by atoms with Gasteiger partial charge in [0, 0.05) is 12.3 Å². The van der Waals surface area contributed by atoms with E-state index in [1.54, 1.807) is 60.5 Å². The lowest BCUT2D eigenvalue weighted by atomic mass is 10.2. The molecule has 0 aliphatic carbocycles. The molecule has 7 nitrogen and oxygen atoms in total. The van der Waals surface area contributed by atoms with Gasteiger partial charge < -0.3 is 19.2 Å². The van der Waals surface area contributed by atoms with Gasteiger partial charge >= 0.3 is 0 Å². The first-order valence-corrected chi connectivity index (χ1v) is 9.54. The summed E-state index contributed by atoms with van der Waals surface area (Å²) in [6, 6.07) is 18.4. The molecule has 0 aliphatic heterocycles. The van der Waals surface area contributed by atoms with Gasteiger partial charge in [-0.1, -0.05) is 24.3 Å². The summed E-state index contributed by atoms with van der Waals surface area (Å²) >= 11 is 0. The number of amides is 1. The van der Waals surface area contributed by atoms with E-state index in [-0.39, 0.29) is 18.2 Å². The molecule has 0 aliphatic rings. The molecule has 1 N–H and O–H groups in total. The first kappa shape index (κ1) is 20.2. The second kappa shape index (κ2) is 9.17. The number of rotatable bonds is 8. The molecule has 0 unspecified atom stereocenters. The Balaban J connectivity index is 1.34. The van der Waals surface area contributed by atoms with Gasteiger partial charge in [-0.2, -0.15) is 5.10 Å². The lowest BCUT2D eigenvalue weighted by molar-refractivity contribution is 0.0992. The average molecular weight is 421 g/mol. The summed E-state index contributed by atoms with van der Waals surface area (Å²) in [7, 11) is 1.57. The van der Waals surface area contributed by atoms with Crippen molar-refractivity contribution >= 4 is 11.7 Å². The van der Waals surface area contributed by atoms with E-state index in [2.05, 4.69) is 10.4 Å². The summed E-state index contributed by atoms with van der Waals surface area (Å²) in [4.78, 5) is 12.4. The molecule has 4 rings (SSSR count). The van der Waals surface area contributed by atoms with Crippen LogP contribution in [0, 0.1) is 5.82 Å². The van der Waals surface area contributed by atoms with Crippen molar-refractivity contribution in [3.8, 4) is 11.5 Å². The normalized spacial score (nSPS) is 10.6. The number of furan rings is 1. The molecule has 1 amide bonds. The number of hydrogen-bond acceptors (Lipinski definition) is 5. The molecule has 31 heavy (non-hydrogen) atoms. The average Bonchev–Trinajstić information content (AvgIpc) is 3.42. The Morgan fingerprint density at radius 1 is 1.10 bits per heavy atom. The third kappa shape index (κ3) is 5.11. The topological polar surface area (TPSA) is 78.5 Å². The van der Waals surface area contributed by atoms with E-state index in [1.165, 1.54) is 12.1 Å². The van der Waals surface area contributed by atoms with Gasteiger partial charge in [-0.15, -0.1) is 0 Å². The zero-order valence-electron chi connectivity index (χ0n) is 16.7. The first-order chi connectivity index (χ1) is 15.1. The predicted octanol–water partition coefficient (Wildman–Crippen LogP) is 4.50. The molecule has 0 fully saturated rings. The Kier molecular flexibility index (Phi) is 5.98. The van der Waals surface area contributed by atoms with Gasteiger partial charge in [-0.05, 0) is 42.0 Å². The number of methoxy groups -OCH3 is 1. The highest BCUT2D eigenvalue weighted by Crippen LogP contribution is 2.26. The summed E-state index contributed by atoms with van der Waals surface area (Å²) in [6.07, 6.45) is 1.70. The van der Waals surface area contributed by atoms with Crippen LogP contribution >= 0.6 is 0 Å². The highest BCUT2D eigenvalue weighted by atomic mass is 19.1. The van der Waals surface area contributed by atoms with Gasteiger partial charge in [0.2, 0.25) is 0 Å². The maximum absolute atomic E-state index is 13.3. The summed E-state index contributed by atoms with van der Waals surface area (Å²) in [5, 5.41) is 6.97. The number of para-hydroxylation sites is 2. The van der Waals surface area contributed by atoms with Crippen LogP contribution in [0.1, 0.15) is 21.9 Å². The summed E-state index contributed by atoms with van der Waals surface area (Å²) < 4.78 is 31.4. The number of carbonyl (C=O) groups excluding carboxylic acids is 1. The Hall–Kier alpha value is -4.07. The number of nitrogens with zero attached hydrogens (tertiary/aromatic N) is 2. The number of aromatic nitrogens is 2. The molecule has 0 bridgehead atoms.